The van der Waals surface area contributed by atoms with Gasteiger partial charge in [0.2, 0.25) is 11.8 Å². The van der Waals surface area contributed by atoms with Crippen molar-refractivity contribution in [2.45, 2.75) is 84.7 Å². The first-order valence-electron chi connectivity index (χ1n) is 12.1. The van der Waals surface area contributed by atoms with Gasteiger partial charge in [0.1, 0.15) is 5.76 Å². The number of carbonyl (C=O) groups excluding carboxylic acids is 2. The van der Waals surface area contributed by atoms with Gasteiger partial charge in [-0.3, -0.25) is 9.59 Å². The summed E-state index contributed by atoms with van der Waals surface area (Å²) in [6, 6.07) is 13.9. The van der Waals surface area contributed by atoms with Crippen molar-refractivity contribution in [2.24, 2.45) is 0 Å². The monoisotopic (exact) mass is 440 g/mol. The van der Waals surface area contributed by atoms with Crippen molar-refractivity contribution < 1.29 is 14.0 Å². The molecule has 0 aliphatic rings. The molecule has 5 nitrogen and oxygen atoms in total. The smallest absolute Gasteiger partial charge is 0.242 e. The van der Waals surface area contributed by atoms with E-state index in [0.717, 1.165) is 25.0 Å². The average molecular weight is 441 g/mol. The molecule has 0 unspecified atom stereocenters. The lowest BCUT2D eigenvalue weighted by Gasteiger charge is -2.30. The van der Waals surface area contributed by atoms with Gasteiger partial charge in [0.05, 0.1) is 19.4 Å². The van der Waals surface area contributed by atoms with Crippen LogP contribution in [0, 0.1) is 0 Å². The van der Waals surface area contributed by atoms with E-state index >= 15 is 0 Å². The first kappa shape index (κ1) is 25.7. The number of carbonyl (C=O) groups is 2. The Labute approximate surface area is 193 Å². The van der Waals surface area contributed by atoms with Gasteiger partial charge in [-0.1, -0.05) is 69.4 Å². The molecule has 2 aromatic rings. The van der Waals surface area contributed by atoms with Crippen LogP contribution in [0.25, 0.3) is 0 Å². The lowest BCUT2D eigenvalue weighted by atomic mass is 10.1. The van der Waals surface area contributed by atoms with Crippen molar-refractivity contribution in [3.63, 3.8) is 0 Å². The number of benzene rings is 1. The highest BCUT2D eigenvalue weighted by Gasteiger charge is 2.23. The molecule has 0 atom stereocenters. The van der Waals surface area contributed by atoms with E-state index in [0.29, 0.717) is 19.5 Å². The van der Waals surface area contributed by atoms with Gasteiger partial charge in [0.15, 0.2) is 0 Å². The Kier molecular flexibility index (Phi) is 11.6. The minimum atomic E-state index is -0.0395. The second-order valence-electron chi connectivity index (χ2n) is 8.76. The molecule has 5 heteroatoms. The van der Waals surface area contributed by atoms with Gasteiger partial charge in [0.25, 0.3) is 0 Å². The number of nitrogens with zero attached hydrogens (tertiary/aromatic N) is 2. The molecule has 1 aromatic heterocycles. The molecule has 0 saturated carbocycles. The van der Waals surface area contributed by atoms with Crippen LogP contribution in [-0.4, -0.2) is 40.7 Å². The summed E-state index contributed by atoms with van der Waals surface area (Å²) in [5, 5.41) is 0. The second-order valence-corrected chi connectivity index (χ2v) is 8.76. The molecule has 0 saturated heterocycles. The SMILES string of the molecule is CCCCCCCCC(=O)N(CC(=O)N(CCc1ccccc1)Cc1ccco1)C(C)C. The van der Waals surface area contributed by atoms with E-state index in [1.165, 1.54) is 31.2 Å². The van der Waals surface area contributed by atoms with E-state index in [1.807, 2.05) is 44.2 Å². The lowest BCUT2D eigenvalue weighted by molar-refractivity contribution is -0.142. The van der Waals surface area contributed by atoms with Gasteiger partial charge in [-0.2, -0.15) is 0 Å². The van der Waals surface area contributed by atoms with Gasteiger partial charge in [-0.05, 0) is 44.4 Å². The second kappa shape index (κ2) is 14.5. The van der Waals surface area contributed by atoms with Crippen molar-refractivity contribution in [2.75, 3.05) is 13.1 Å². The fraction of sp³-hybridized carbons (Fsp3) is 0.556. The van der Waals surface area contributed by atoms with E-state index in [-0.39, 0.29) is 24.4 Å². The van der Waals surface area contributed by atoms with Crippen LogP contribution in [0.2, 0.25) is 0 Å². The summed E-state index contributed by atoms with van der Waals surface area (Å²) in [6.07, 6.45) is 9.77. The van der Waals surface area contributed by atoms with Crippen LogP contribution < -0.4 is 0 Å². The Morgan fingerprint density at radius 2 is 1.62 bits per heavy atom. The van der Waals surface area contributed by atoms with E-state index in [2.05, 4.69) is 19.1 Å². The number of furan rings is 1. The molecule has 2 amide bonds. The van der Waals surface area contributed by atoms with Crippen molar-refractivity contribution in [3.05, 3.63) is 60.1 Å². The van der Waals surface area contributed by atoms with Gasteiger partial charge in [0, 0.05) is 19.0 Å². The maximum absolute atomic E-state index is 13.2. The highest BCUT2D eigenvalue weighted by molar-refractivity contribution is 5.85. The third-order valence-electron chi connectivity index (χ3n) is 5.79. The number of amides is 2. The summed E-state index contributed by atoms with van der Waals surface area (Å²) >= 11 is 0. The van der Waals surface area contributed by atoms with Crippen molar-refractivity contribution in [3.8, 4) is 0 Å². The largest absolute Gasteiger partial charge is 0.467 e. The fourth-order valence-electron chi connectivity index (χ4n) is 3.80. The molecule has 0 radical (unpaired) electrons. The van der Waals surface area contributed by atoms with Crippen molar-refractivity contribution in [1.82, 2.24) is 9.80 Å². The summed E-state index contributed by atoms with van der Waals surface area (Å²) in [7, 11) is 0. The van der Waals surface area contributed by atoms with Gasteiger partial charge < -0.3 is 14.2 Å². The number of hydrogen-bond acceptors (Lipinski definition) is 3. The van der Waals surface area contributed by atoms with Gasteiger partial charge in [-0.25, -0.2) is 0 Å². The predicted molar refractivity (Wildman–Crippen MR) is 129 cm³/mol. The molecular formula is C27H40N2O3. The Hall–Kier alpha value is -2.56. The Balaban J connectivity index is 1.94. The molecule has 0 spiro atoms. The van der Waals surface area contributed by atoms with E-state index in [9.17, 15) is 9.59 Å². The molecule has 0 bridgehead atoms. The summed E-state index contributed by atoms with van der Waals surface area (Å²) in [4.78, 5) is 29.6. The molecule has 32 heavy (non-hydrogen) atoms. The van der Waals surface area contributed by atoms with E-state index < -0.39 is 0 Å². The van der Waals surface area contributed by atoms with Crippen LogP contribution in [-0.2, 0) is 22.6 Å². The number of rotatable bonds is 15. The van der Waals surface area contributed by atoms with Crippen LogP contribution >= 0.6 is 0 Å². The zero-order valence-corrected chi connectivity index (χ0v) is 20.1. The van der Waals surface area contributed by atoms with Crippen LogP contribution in [0.5, 0.6) is 0 Å². The molecule has 2 rings (SSSR count). The van der Waals surface area contributed by atoms with Gasteiger partial charge in [-0.15, -0.1) is 0 Å². The van der Waals surface area contributed by atoms with E-state index in [1.54, 1.807) is 16.1 Å². The maximum atomic E-state index is 13.2. The summed E-state index contributed by atoms with van der Waals surface area (Å²) in [5.41, 5.74) is 1.18. The molecule has 1 heterocycles. The molecular weight excluding hydrogens is 400 g/mol. The average Bonchev–Trinajstić information content (AvgIpc) is 3.30. The fourth-order valence-corrected chi connectivity index (χ4v) is 3.80. The quantitative estimate of drug-likeness (QED) is 0.327. The first-order valence-corrected chi connectivity index (χ1v) is 12.1. The summed E-state index contributed by atoms with van der Waals surface area (Å²) < 4.78 is 5.49. The van der Waals surface area contributed by atoms with Gasteiger partial charge >= 0.3 is 0 Å². The molecule has 0 fully saturated rings. The summed E-state index contributed by atoms with van der Waals surface area (Å²) in [5.74, 6) is 0.785. The van der Waals surface area contributed by atoms with Crippen LogP contribution in [0.1, 0.15) is 77.0 Å². The third kappa shape index (κ3) is 9.29. The highest BCUT2D eigenvalue weighted by Crippen LogP contribution is 2.13. The van der Waals surface area contributed by atoms with Crippen molar-refractivity contribution >= 4 is 11.8 Å². The lowest BCUT2D eigenvalue weighted by Crippen LogP contribution is -2.46. The van der Waals surface area contributed by atoms with Crippen molar-refractivity contribution in [1.29, 1.82) is 0 Å². The van der Waals surface area contributed by atoms with Crippen LogP contribution in [0.3, 0.4) is 0 Å². The van der Waals surface area contributed by atoms with Crippen LogP contribution in [0.4, 0.5) is 0 Å². The Morgan fingerprint density at radius 1 is 0.906 bits per heavy atom. The Bertz CT molecular complexity index is 771. The zero-order valence-electron chi connectivity index (χ0n) is 20.1. The highest BCUT2D eigenvalue weighted by atomic mass is 16.3. The molecule has 1 aromatic carbocycles. The predicted octanol–water partition coefficient (Wildman–Crippen LogP) is 5.84. The van der Waals surface area contributed by atoms with E-state index in [4.69, 9.17) is 4.42 Å². The normalized spacial score (nSPS) is 11.0. The number of hydrogen-bond donors (Lipinski definition) is 0. The first-order chi connectivity index (χ1) is 15.5. The van der Waals surface area contributed by atoms with Crippen LogP contribution in [0.15, 0.2) is 53.1 Å². The molecule has 0 N–H and O–H groups in total. The topological polar surface area (TPSA) is 53.8 Å². The zero-order chi connectivity index (χ0) is 23.2. The Morgan fingerprint density at radius 3 is 2.28 bits per heavy atom. The molecule has 0 aliphatic heterocycles. The summed E-state index contributed by atoms with van der Waals surface area (Å²) in [6.45, 7) is 7.27. The minimum Gasteiger partial charge on any atom is -0.467 e. The standard InChI is InChI=1S/C27H40N2O3/c1-4-5-6-7-8-12-17-26(30)29(23(2)3)22-27(31)28(21-25-16-13-20-32-25)19-18-24-14-10-9-11-15-24/h9-11,13-16,20,23H,4-8,12,17-19,21-22H2,1-3H3. The third-order valence-corrected chi connectivity index (χ3v) is 5.79. The number of unbranched alkanes of at least 4 members (excludes halogenated alkanes) is 5. The molecule has 0 aliphatic carbocycles. The minimum absolute atomic E-state index is 0.00822. The maximum Gasteiger partial charge on any atom is 0.242 e. The molecule has 176 valence electrons.